The van der Waals surface area contributed by atoms with Gasteiger partial charge in [-0.15, -0.1) is 11.3 Å². The fourth-order valence-corrected chi connectivity index (χ4v) is 5.52. The van der Waals surface area contributed by atoms with Crippen LogP contribution >= 0.6 is 23.1 Å². The zero-order valence-corrected chi connectivity index (χ0v) is 12.7. The molecule has 1 aromatic heterocycles. The van der Waals surface area contributed by atoms with Gasteiger partial charge in [-0.25, -0.2) is 13.4 Å². The Morgan fingerprint density at radius 1 is 1.61 bits per heavy atom. The van der Waals surface area contributed by atoms with Crippen molar-refractivity contribution >= 4 is 32.9 Å². The molecule has 2 rings (SSSR count). The van der Waals surface area contributed by atoms with Crippen molar-refractivity contribution in [2.45, 2.75) is 18.5 Å². The molecule has 0 amide bonds. The smallest absolute Gasteiger partial charge is 0.164 e. The minimum absolute atomic E-state index is 0.390. The number of aromatic nitrogens is 1. The van der Waals surface area contributed by atoms with Gasteiger partial charge < -0.3 is 5.73 Å². The third-order valence-corrected chi connectivity index (χ3v) is 6.43. The van der Waals surface area contributed by atoms with Gasteiger partial charge in [0.2, 0.25) is 0 Å². The maximum atomic E-state index is 11.8. The Balaban J connectivity index is 2.10. The molecule has 2 heterocycles. The highest BCUT2D eigenvalue weighted by Gasteiger charge is 2.31. The van der Waals surface area contributed by atoms with Gasteiger partial charge in [-0.2, -0.15) is 11.8 Å². The van der Waals surface area contributed by atoms with Gasteiger partial charge in [0.25, 0.3) is 0 Å². The molecule has 5 nitrogen and oxygen atoms in total. The van der Waals surface area contributed by atoms with Crippen molar-refractivity contribution in [1.29, 1.82) is 0 Å². The van der Waals surface area contributed by atoms with E-state index in [0.29, 0.717) is 18.8 Å². The second-order valence-electron chi connectivity index (χ2n) is 4.27. The topological polar surface area (TPSA) is 76.3 Å². The molecule has 1 atom stereocenters. The molecule has 18 heavy (non-hydrogen) atoms. The van der Waals surface area contributed by atoms with Gasteiger partial charge in [-0.3, -0.25) is 4.90 Å². The van der Waals surface area contributed by atoms with E-state index in [1.807, 2.05) is 10.3 Å². The first kappa shape index (κ1) is 14.3. The maximum Gasteiger partial charge on any atom is 0.164 e. The Morgan fingerprint density at radius 2 is 2.39 bits per heavy atom. The number of nitrogens with two attached hydrogens (primary N) is 1. The standard InChI is InChI=1S/C10H17N3O2S3/c1-18(14,15)10-7-16-3-2-13(10)5-8-6-17-9(4-11)12-8/h6,10H,2-5,7,11H2,1H3. The average Bonchev–Trinajstić information content (AvgIpc) is 2.76. The summed E-state index contributed by atoms with van der Waals surface area (Å²) in [6, 6.07) is 0. The second-order valence-corrected chi connectivity index (χ2v) is 8.56. The first-order valence-electron chi connectivity index (χ1n) is 5.64. The van der Waals surface area contributed by atoms with Gasteiger partial charge >= 0.3 is 0 Å². The summed E-state index contributed by atoms with van der Waals surface area (Å²) < 4.78 is 23.5. The molecule has 1 aliphatic rings. The summed E-state index contributed by atoms with van der Waals surface area (Å²) in [5.41, 5.74) is 6.45. The van der Waals surface area contributed by atoms with Crippen LogP contribution in [0.5, 0.6) is 0 Å². The van der Waals surface area contributed by atoms with Crippen molar-refractivity contribution in [3.8, 4) is 0 Å². The van der Waals surface area contributed by atoms with Crippen molar-refractivity contribution in [1.82, 2.24) is 9.88 Å². The van der Waals surface area contributed by atoms with Crippen molar-refractivity contribution in [3.05, 3.63) is 16.1 Å². The number of hydrogen-bond acceptors (Lipinski definition) is 7. The van der Waals surface area contributed by atoms with E-state index < -0.39 is 9.84 Å². The number of hydrogen-bond donors (Lipinski definition) is 1. The Hall–Kier alpha value is -0.150. The fourth-order valence-electron chi connectivity index (χ4n) is 1.91. The van der Waals surface area contributed by atoms with Crippen LogP contribution in [-0.4, -0.2) is 48.0 Å². The number of rotatable bonds is 4. The Bertz CT molecular complexity index is 500. The van der Waals surface area contributed by atoms with Crippen LogP contribution in [0.1, 0.15) is 10.7 Å². The van der Waals surface area contributed by atoms with E-state index in [2.05, 4.69) is 4.98 Å². The summed E-state index contributed by atoms with van der Waals surface area (Å²) in [4.78, 5) is 6.39. The van der Waals surface area contributed by atoms with Crippen LogP contribution in [0.4, 0.5) is 0 Å². The number of sulfone groups is 1. The van der Waals surface area contributed by atoms with E-state index in [1.165, 1.54) is 17.6 Å². The molecule has 1 aromatic rings. The number of nitrogens with zero attached hydrogens (tertiary/aromatic N) is 2. The molecule has 0 radical (unpaired) electrons. The van der Waals surface area contributed by atoms with E-state index in [9.17, 15) is 8.42 Å². The highest BCUT2D eigenvalue weighted by Crippen LogP contribution is 2.22. The van der Waals surface area contributed by atoms with Gasteiger partial charge in [0.15, 0.2) is 9.84 Å². The molecule has 0 aromatic carbocycles. The van der Waals surface area contributed by atoms with Gasteiger partial charge in [-0.05, 0) is 0 Å². The Morgan fingerprint density at radius 3 is 3.00 bits per heavy atom. The number of thioether (sulfide) groups is 1. The molecule has 102 valence electrons. The predicted molar refractivity (Wildman–Crippen MR) is 76.4 cm³/mol. The SMILES string of the molecule is CS(=O)(=O)C1CSCCN1Cc1csc(CN)n1. The van der Waals surface area contributed by atoms with E-state index in [-0.39, 0.29) is 5.37 Å². The lowest BCUT2D eigenvalue weighted by Crippen LogP contribution is -2.46. The molecule has 0 bridgehead atoms. The zero-order valence-electron chi connectivity index (χ0n) is 10.2. The maximum absolute atomic E-state index is 11.8. The van der Waals surface area contributed by atoms with Gasteiger partial charge in [-0.1, -0.05) is 0 Å². The minimum Gasteiger partial charge on any atom is -0.325 e. The quantitative estimate of drug-likeness (QED) is 0.874. The second kappa shape index (κ2) is 5.87. The van der Waals surface area contributed by atoms with Crippen LogP contribution < -0.4 is 5.73 Å². The van der Waals surface area contributed by atoms with Crippen molar-refractivity contribution in [2.24, 2.45) is 5.73 Å². The Labute approximate surface area is 116 Å². The molecule has 0 aliphatic carbocycles. The van der Waals surface area contributed by atoms with Crippen LogP contribution in [0.3, 0.4) is 0 Å². The highest BCUT2D eigenvalue weighted by molar-refractivity contribution is 8.00. The van der Waals surface area contributed by atoms with Gasteiger partial charge in [0.1, 0.15) is 10.4 Å². The molecule has 1 fully saturated rings. The van der Waals surface area contributed by atoms with Gasteiger partial charge in [0.05, 0.1) is 5.69 Å². The molecule has 0 spiro atoms. The lowest BCUT2D eigenvalue weighted by molar-refractivity contribution is 0.259. The molecule has 1 unspecified atom stereocenters. The predicted octanol–water partition coefficient (Wildman–Crippen LogP) is 0.521. The van der Waals surface area contributed by atoms with Crippen LogP contribution in [0.25, 0.3) is 0 Å². The monoisotopic (exact) mass is 307 g/mol. The van der Waals surface area contributed by atoms with E-state index >= 15 is 0 Å². The largest absolute Gasteiger partial charge is 0.325 e. The van der Waals surface area contributed by atoms with E-state index in [1.54, 1.807) is 11.8 Å². The van der Waals surface area contributed by atoms with Crippen molar-refractivity contribution < 1.29 is 8.42 Å². The fraction of sp³-hybridized carbons (Fsp3) is 0.700. The van der Waals surface area contributed by atoms with E-state index in [4.69, 9.17) is 5.73 Å². The van der Waals surface area contributed by atoms with Crippen molar-refractivity contribution in [2.75, 3.05) is 24.3 Å². The van der Waals surface area contributed by atoms with Crippen LogP contribution in [0.2, 0.25) is 0 Å². The molecule has 0 saturated carbocycles. The Kier molecular flexibility index (Phi) is 4.65. The van der Waals surface area contributed by atoms with Crippen LogP contribution in [0, 0.1) is 0 Å². The first-order valence-corrected chi connectivity index (χ1v) is 9.63. The summed E-state index contributed by atoms with van der Waals surface area (Å²) in [6.07, 6.45) is 1.31. The number of thiazole rings is 1. The molecule has 1 aliphatic heterocycles. The normalized spacial score (nSPS) is 22.2. The third kappa shape index (κ3) is 3.45. The summed E-state index contributed by atoms with van der Waals surface area (Å²) in [5, 5.41) is 2.47. The summed E-state index contributed by atoms with van der Waals surface area (Å²) in [6.45, 7) is 1.82. The van der Waals surface area contributed by atoms with Crippen LogP contribution in [0.15, 0.2) is 5.38 Å². The molecular weight excluding hydrogens is 290 g/mol. The molecular formula is C10H17N3O2S3. The minimum atomic E-state index is -3.04. The lowest BCUT2D eigenvalue weighted by atomic mass is 10.4. The average molecular weight is 307 g/mol. The lowest BCUT2D eigenvalue weighted by Gasteiger charge is -2.33. The summed E-state index contributed by atoms with van der Waals surface area (Å²) in [7, 11) is -3.04. The molecule has 1 saturated heterocycles. The molecule has 8 heteroatoms. The van der Waals surface area contributed by atoms with Gasteiger partial charge in [0, 0.05) is 42.8 Å². The highest BCUT2D eigenvalue weighted by atomic mass is 32.2. The molecule has 2 N–H and O–H groups in total. The zero-order chi connectivity index (χ0) is 13.2. The van der Waals surface area contributed by atoms with Crippen molar-refractivity contribution in [3.63, 3.8) is 0 Å². The first-order chi connectivity index (χ1) is 8.50. The van der Waals surface area contributed by atoms with Crippen LogP contribution in [-0.2, 0) is 22.9 Å². The summed E-state index contributed by atoms with van der Waals surface area (Å²) >= 11 is 3.22. The third-order valence-electron chi connectivity index (χ3n) is 2.82. The summed E-state index contributed by atoms with van der Waals surface area (Å²) in [5.74, 6) is 1.62. The van der Waals surface area contributed by atoms with E-state index in [0.717, 1.165) is 23.0 Å².